The highest BCUT2D eigenvalue weighted by Crippen LogP contribution is 2.43. The zero-order chi connectivity index (χ0) is 13.9. The van der Waals surface area contributed by atoms with Gasteiger partial charge in [-0.25, -0.2) is 4.98 Å². The SMILES string of the molecule is CNC(c1cccnc1N)C1(OC)CCCC(C)C1. The zero-order valence-corrected chi connectivity index (χ0v) is 12.1. The van der Waals surface area contributed by atoms with Crippen LogP contribution in [0.15, 0.2) is 18.3 Å². The van der Waals surface area contributed by atoms with E-state index in [-0.39, 0.29) is 11.6 Å². The van der Waals surface area contributed by atoms with Gasteiger partial charge in [-0.05, 0) is 31.9 Å². The maximum Gasteiger partial charge on any atom is 0.128 e. The monoisotopic (exact) mass is 263 g/mol. The van der Waals surface area contributed by atoms with Gasteiger partial charge in [0, 0.05) is 18.9 Å². The van der Waals surface area contributed by atoms with Crippen molar-refractivity contribution in [3.05, 3.63) is 23.9 Å². The molecule has 0 aliphatic heterocycles. The Hall–Kier alpha value is -1.13. The van der Waals surface area contributed by atoms with Crippen LogP contribution in [-0.2, 0) is 4.74 Å². The first-order chi connectivity index (χ1) is 9.13. The van der Waals surface area contributed by atoms with Crippen LogP contribution in [0.1, 0.15) is 44.2 Å². The van der Waals surface area contributed by atoms with E-state index in [0.717, 1.165) is 18.4 Å². The largest absolute Gasteiger partial charge is 0.383 e. The molecule has 0 amide bonds. The number of ether oxygens (including phenoxy) is 1. The van der Waals surface area contributed by atoms with Crippen LogP contribution in [0.25, 0.3) is 0 Å². The van der Waals surface area contributed by atoms with Crippen LogP contribution >= 0.6 is 0 Å². The predicted molar refractivity (Wildman–Crippen MR) is 77.8 cm³/mol. The predicted octanol–water partition coefficient (Wildman–Crippen LogP) is 2.52. The summed E-state index contributed by atoms with van der Waals surface area (Å²) in [5.74, 6) is 1.28. The van der Waals surface area contributed by atoms with Crippen molar-refractivity contribution in [2.24, 2.45) is 5.92 Å². The third-order valence-electron chi connectivity index (χ3n) is 4.39. The molecule has 1 aliphatic carbocycles. The second kappa shape index (κ2) is 5.88. The molecule has 0 bridgehead atoms. The Kier molecular flexibility index (Phi) is 4.42. The van der Waals surface area contributed by atoms with E-state index in [0.29, 0.717) is 11.7 Å². The van der Waals surface area contributed by atoms with Crippen molar-refractivity contribution in [1.82, 2.24) is 10.3 Å². The minimum atomic E-state index is -0.177. The number of hydrogen-bond acceptors (Lipinski definition) is 4. The Morgan fingerprint density at radius 3 is 2.95 bits per heavy atom. The Labute approximate surface area is 115 Å². The van der Waals surface area contributed by atoms with Crippen molar-refractivity contribution in [2.75, 3.05) is 19.9 Å². The van der Waals surface area contributed by atoms with Gasteiger partial charge in [0.15, 0.2) is 0 Å². The van der Waals surface area contributed by atoms with Crippen molar-refractivity contribution in [1.29, 1.82) is 0 Å². The van der Waals surface area contributed by atoms with Gasteiger partial charge in [-0.2, -0.15) is 0 Å². The van der Waals surface area contributed by atoms with Gasteiger partial charge >= 0.3 is 0 Å². The number of pyridine rings is 1. The lowest BCUT2D eigenvalue weighted by molar-refractivity contribution is -0.0789. The highest BCUT2D eigenvalue weighted by molar-refractivity contribution is 5.42. The molecule has 2 rings (SSSR count). The topological polar surface area (TPSA) is 60.2 Å². The van der Waals surface area contributed by atoms with Crippen LogP contribution in [0.2, 0.25) is 0 Å². The summed E-state index contributed by atoms with van der Waals surface area (Å²) >= 11 is 0. The molecule has 3 N–H and O–H groups in total. The number of nitrogens with one attached hydrogen (secondary N) is 1. The molecule has 0 radical (unpaired) electrons. The lowest BCUT2D eigenvalue weighted by atomic mass is 9.73. The van der Waals surface area contributed by atoms with E-state index < -0.39 is 0 Å². The standard InChI is InChI=1S/C15H25N3O/c1-11-6-4-8-15(10-11,19-3)13(17-2)12-7-5-9-18-14(12)16/h5,7,9,11,13,17H,4,6,8,10H2,1-3H3,(H2,16,18). The molecule has 3 unspecified atom stereocenters. The van der Waals surface area contributed by atoms with Crippen molar-refractivity contribution >= 4 is 5.82 Å². The number of aromatic nitrogens is 1. The van der Waals surface area contributed by atoms with Gasteiger partial charge in [0.2, 0.25) is 0 Å². The van der Waals surface area contributed by atoms with Crippen LogP contribution in [0.4, 0.5) is 5.82 Å². The molecule has 0 spiro atoms. The van der Waals surface area contributed by atoms with Crippen molar-refractivity contribution < 1.29 is 4.74 Å². The Morgan fingerprint density at radius 1 is 1.58 bits per heavy atom. The first kappa shape index (κ1) is 14.3. The number of nitrogens with two attached hydrogens (primary N) is 1. The molecule has 1 aromatic heterocycles. The molecule has 19 heavy (non-hydrogen) atoms. The summed E-state index contributed by atoms with van der Waals surface area (Å²) in [5.41, 5.74) is 6.91. The molecule has 1 saturated carbocycles. The molecule has 4 nitrogen and oxygen atoms in total. The molecular weight excluding hydrogens is 238 g/mol. The van der Waals surface area contributed by atoms with Crippen molar-refractivity contribution in [3.8, 4) is 0 Å². The molecule has 3 atom stereocenters. The summed E-state index contributed by atoms with van der Waals surface area (Å²) in [6.07, 6.45) is 6.34. The minimum Gasteiger partial charge on any atom is -0.383 e. The summed E-state index contributed by atoms with van der Waals surface area (Å²) in [6.45, 7) is 2.30. The van der Waals surface area contributed by atoms with Crippen LogP contribution in [0, 0.1) is 5.92 Å². The number of nitrogen functional groups attached to an aromatic ring is 1. The van der Waals surface area contributed by atoms with E-state index in [1.807, 2.05) is 26.3 Å². The maximum absolute atomic E-state index is 6.05. The van der Waals surface area contributed by atoms with Gasteiger partial charge < -0.3 is 15.8 Å². The van der Waals surface area contributed by atoms with Crippen molar-refractivity contribution in [3.63, 3.8) is 0 Å². The van der Waals surface area contributed by atoms with E-state index in [9.17, 15) is 0 Å². The number of likely N-dealkylation sites (N-methyl/N-ethyl adjacent to an activating group) is 1. The normalized spacial score (nSPS) is 29.1. The van der Waals surface area contributed by atoms with Crippen LogP contribution in [0.5, 0.6) is 0 Å². The average molecular weight is 263 g/mol. The third kappa shape index (κ3) is 2.74. The maximum atomic E-state index is 6.05. The van der Waals surface area contributed by atoms with Gasteiger partial charge in [-0.1, -0.05) is 25.8 Å². The molecule has 0 aromatic carbocycles. The highest BCUT2D eigenvalue weighted by Gasteiger charge is 2.43. The third-order valence-corrected chi connectivity index (χ3v) is 4.39. The molecule has 1 aliphatic rings. The fourth-order valence-electron chi connectivity index (χ4n) is 3.49. The number of methoxy groups -OCH3 is 1. The Bertz CT molecular complexity index is 424. The molecule has 4 heteroatoms. The van der Waals surface area contributed by atoms with E-state index in [1.165, 1.54) is 12.8 Å². The summed E-state index contributed by atoms with van der Waals surface area (Å²) in [4.78, 5) is 4.21. The fourth-order valence-corrected chi connectivity index (χ4v) is 3.49. The van der Waals surface area contributed by atoms with Gasteiger partial charge in [0.1, 0.15) is 5.82 Å². The highest BCUT2D eigenvalue weighted by atomic mass is 16.5. The van der Waals surface area contributed by atoms with E-state index >= 15 is 0 Å². The zero-order valence-electron chi connectivity index (χ0n) is 12.1. The summed E-state index contributed by atoms with van der Waals surface area (Å²) in [6, 6.07) is 4.07. The molecule has 1 aromatic rings. The minimum absolute atomic E-state index is 0.0916. The number of anilines is 1. The summed E-state index contributed by atoms with van der Waals surface area (Å²) in [7, 11) is 3.78. The fraction of sp³-hybridized carbons (Fsp3) is 0.667. The number of hydrogen-bond donors (Lipinski definition) is 2. The van der Waals surface area contributed by atoms with Crippen molar-refractivity contribution in [2.45, 2.75) is 44.2 Å². The average Bonchev–Trinajstić information content (AvgIpc) is 2.42. The van der Waals surface area contributed by atoms with Gasteiger partial charge in [-0.3, -0.25) is 0 Å². The Balaban J connectivity index is 2.36. The van der Waals surface area contributed by atoms with Crippen LogP contribution < -0.4 is 11.1 Å². The lowest BCUT2D eigenvalue weighted by Gasteiger charge is -2.44. The van der Waals surface area contributed by atoms with Crippen LogP contribution in [-0.4, -0.2) is 24.7 Å². The quantitative estimate of drug-likeness (QED) is 0.876. The second-order valence-electron chi connectivity index (χ2n) is 5.67. The van der Waals surface area contributed by atoms with Crippen LogP contribution in [0.3, 0.4) is 0 Å². The smallest absolute Gasteiger partial charge is 0.128 e. The molecule has 1 heterocycles. The molecule has 106 valence electrons. The van der Waals surface area contributed by atoms with Gasteiger partial charge in [0.05, 0.1) is 11.6 Å². The van der Waals surface area contributed by atoms with Gasteiger partial charge in [-0.15, -0.1) is 0 Å². The molecule has 0 saturated heterocycles. The van der Waals surface area contributed by atoms with E-state index in [1.54, 1.807) is 6.20 Å². The molecule has 1 fully saturated rings. The summed E-state index contributed by atoms with van der Waals surface area (Å²) in [5, 5.41) is 3.40. The van der Waals surface area contributed by atoms with E-state index in [4.69, 9.17) is 10.5 Å². The lowest BCUT2D eigenvalue weighted by Crippen LogP contribution is -2.47. The van der Waals surface area contributed by atoms with E-state index in [2.05, 4.69) is 17.2 Å². The Morgan fingerprint density at radius 2 is 2.37 bits per heavy atom. The molecular formula is C15H25N3O. The second-order valence-corrected chi connectivity index (χ2v) is 5.67. The number of nitrogens with zero attached hydrogens (tertiary/aromatic N) is 1. The summed E-state index contributed by atoms with van der Waals surface area (Å²) < 4.78 is 5.97. The first-order valence-electron chi connectivity index (χ1n) is 7.06. The first-order valence-corrected chi connectivity index (χ1v) is 7.06. The number of rotatable bonds is 4. The van der Waals surface area contributed by atoms with Gasteiger partial charge in [0.25, 0.3) is 0 Å².